The number of amides is 2. The van der Waals surface area contributed by atoms with E-state index in [0.29, 0.717) is 19.0 Å². The van der Waals surface area contributed by atoms with Crippen LogP contribution in [-0.4, -0.2) is 54.2 Å². The Labute approximate surface area is 202 Å². The zero-order valence-corrected chi connectivity index (χ0v) is 20.8. The molecule has 1 aliphatic heterocycles. The van der Waals surface area contributed by atoms with E-state index >= 15 is 0 Å². The quantitative estimate of drug-likeness (QED) is 0.567. The summed E-state index contributed by atoms with van der Waals surface area (Å²) in [6, 6.07) is 10.1. The number of nitrogens with zero attached hydrogens (tertiary/aromatic N) is 2. The van der Waals surface area contributed by atoms with Crippen LogP contribution < -0.4 is 10.1 Å². The van der Waals surface area contributed by atoms with Gasteiger partial charge in [0.15, 0.2) is 0 Å². The third-order valence-electron chi connectivity index (χ3n) is 6.21. The molecule has 34 heavy (non-hydrogen) atoms. The lowest BCUT2D eigenvalue weighted by molar-refractivity contribution is -0.132. The fourth-order valence-electron chi connectivity index (χ4n) is 4.41. The van der Waals surface area contributed by atoms with Gasteiger partial charge < -0.3 is 19.7 Å². The van der Waals surface area contributed by atoms with Gasteiger partial charge in [-0.3, -0.25) is 9.78 Å². The number of carbonyl (C=O) groups excluding carboxylic acids is 2. The maximum atomic E-state index is 12.6. The van der Waals surface area contributed by atoms with Crippen LogP contribution in [-0.2, 0) is 16.0 Å². The Morgan fingerprint density at radius 2 is 2.06 bits per heavy atom. The lowest BCUT2D eigenvalue weighted by Crippen LogP contribution is -2.47. The third kappa shape index (κ3) is 7.20. The molecular weight excluding hydrogens is 430 g/mol. The molecule has 1 aromatic heterocycles. The normalized spacial score (nSPS) is 18.4. The van der Waals surface area contributed by atoms with Gasteiger partial charge in [-0.1, -0.05) is 12.1 Å². The smallest absolute Gasteiger partial charge is 0.408 e. The number of pyridine rings is 1. The van der Waals surface area contributed by atoms with Gasteiger partial charge in [0.05, 0.1) is 12.6 Å². The van der Waals surface area contributed by atoms with Gasteiger partial charge in [-0.15, -0.1) is 6.58 Å². The van der Waals surface area contributed by atoms with E-state index in [9.17, 15) is 9.59 Å². The molecule has 3 rings (SSSR count). The number of alkyl carbamates (subject to hydrolysis) is 1. The van der Waals surface area contributed by atoms with Crippen molar-refractivity contribution < 1.29 is 19.1 Å². The highest BCUT2D eigenvalue weighted by Crippen LogP contribution is 2.29. The molecule has 184 valence electrons. The van der Waals surface area contributed by atoms with E-state index in [0.717, 1.165) is 48.0 Å². The number of carbonyl (C=O) groups is 2. The van der Waals surface area contributed by atoms with E-state index < -0.39 is 11.7 Å². The first-order valence-corrected chi connectivity index (χ1v) is 12.0. The Morgan fingerprint density at radius 3 is 2.76 bits per heavy atom. The van der Waals surface area contributed by atoms with Gasteiger partial charge >= 0.3 is 6.09 Å². The fraction of sp³-hybridized carbons (Fsp3) is 0.519. The van der Waals surface area contributed by atoms with Crippen LogP contribution in [0.25, 0.3) is 10.9 Å². The number of hydrogen-bond donors (Lipinski definition) is 1. The van der Waals surface area contributed by atoms with Gasteiger partial charge in [-0.05, 0) is 82.6 Å². The Morgan fingerprint density at radius 1 is 1.26 bits per heavy atom. The van der Waals surface area contributed by atoms with E-state index in [2.05, 4.69) is 24.0 Å². The van der Waals surface area contributed by atoms with Gasteiger partial charge in [0.25, 0.3) is 0 Å². The average molecular weight is 468 g/mol. The summed E-state index contributed by atoms with van der Waals surface area (Å²) in [5, 5.41) is 3.64. The minimum atomic E-state index is -0.588. The molecule has 0 saturated carbocycles. The lowest BCUT2D eigenvalue weighted by atomic mass is 9.82. The van der Waals surface area contributed by atoms with Crippen LogP contribution in [0.15, 0.2) is 43.0 Å². The van der Waals surface area contributed by atoms with Gasteiger partial charge in [0.1, 0.15) is 17.9 Å². The van der Waals surface area contributed by atoms with Crippen LogP contribution in [0, 0.1) is 11.8 Å². The minimum Gasteiger partial charge on any atom is -0.497 e. The maximum Gasteiger partial charge on any atom is 0.408 e. The Hall–Kier alpha value is -3.09. The standard InChI is InChI=1S/C27H37N3O4/c1-6-19-18-30(25(31)17-28-26(32)34-27(2,3)4)15-14-20(19)8-7-9-22-11-10-21-16-23(33-5)12-13-24(21)29-22/h6,10-13,16,19-20H,1,7-9,14-15,17-18H2,2-5H3,(H,28,32)/t19-,20+/m0/s1. The van der Waals surface area contributed by atoms with Crippen LogP contribution in [0.5, 0.6) is 5.75 Å². The summed E-state index contributed by atoms with van der Waals surface area (Å²) in [6.07, 6.45) is 5.35. The zero-order valence-electron chi connectivity index (χ0n) is 20.8. The highest BCUT2D eigenvalue weighted by molar-refractivity contribution is 5.82. The molecule has 1 aliphatic rings. The number of piperidine rings is 1. The maximum absolute atomic E-state index is 12.6. The van der Waals surface area contributed by atoms with Crippen LogP contribution in [0.3, 0.4) is 0 Å². The van der Waals surface area contributed by atoms with Crippen molar-refractivity contribution >= 4 is 22.9 Å². The van der Waals surface area contributed by atoms with E-state index in [1.807, 2.05) is 29.2 Å². The number of rotatable bonds is 8. The number of fused-ring (bicyclic) bond motifs is 1. The highest BCUT2D eigenvalue weighted by atomic mass is 16.6. The molecule has 2 heterocycles. The molecule has 2 aromatic rings. The molecule has 0 aliphatic carbocycles. The zero-order chi connectivity index (χ0) is 24.7. The SMILES string of the molecule is C=C[C@H]1CN(C(=O)CNC(=O)OC(C)(C)C)CC[C@H]1CCCc1ccc2cc(OC)ccc2n1. The van der Waals surface area contributed by atoms with Gasteiger partial charge in [0.2, 0.25) is 5.91 Å². The number of methoxy groups -OCH3 is 1. The van der Waals surface area contributed by atoms with Crippen molar-refractivity contribution in [3.8, 4) is 5.75 Å². The Bertz CT molecular complexity index is 1010. The molecule has 0 spiro atoms. The first kappa shape index (κ1) is 25.5. The second-order valence-electron chi connectivity index (χ2n) is 9.90. The summed E-state index contributed by atoms with van der Waals surface area (Å²) in [5.74, 6) is 1.48. The number of aromatic nitrogens is 1. The van der Waals surface area contributed by atoms with Crippen molar-refractivity contribution in [3.05, 3.63) is 48.7 Å². The van der Waals surface area contributed by atoms with Gasteiger partial charge in [0, 0.05) is 24.2 Å². The van der Waals surface area contributed by atoms with Crippen molar-refractivity contribution in [1.29, 1.82) is 0 Å². The first-order chi connectivity index (χ1) is 16.2. The molecule has 0 unspecified atom stereocenters. The van der Waals surface area contributed by atoms with Gasteiger partial charge in [-0.2, -0.15) is 0 Å². The van der Waals surface area contributed by atoms with Gasteiger partial charge in [-0.25, -0.2) is 4.79 Å². The fourth-order valence-corrected chi connectivity index (χ4v) is 4.41. The molecule has 1 fully saturated rings. The summed E-state index contributed by atoms with van der Waals surface area (Å²) in [4.78, 5) is 31.0. The predicted octanol–water partition coefficient (Wildman–Crippen LogP) is 4.74. The summed E-state index contributed by atoms with van der Waals surface area (Å²) in [7, 11) is 1.67. The number of aryl methyl sites for hydroxylation is 1. The van der Waals surface area contributed by atoms with Crippen molar-refractivity contribution in [1.82, 2.24) is 15.2 Å². The second kappa shape index (κ2) is 11.4. The van der Waals surface area contributed by atoms with Crippen LogP contribution in [0.4, 0.5) is 4.79 Å². The number of benzene rings is 1. The number of ether oxygens (including phenoxy) is 2. The topological polar surface area (TPSA) is 80.8 Å². The lowest BCUT2D eigenvalue weighted by Gasteiger charge is -2.37. The molecule has 2 amide bonds. The van der Waals surface area contributed by atoms with E-state index in [1.165, 1.54) is 0 Å². The largest absolute Gasteiger partial charge is 0.497 e. The Kier molecular flexibility index (Phi) is 8.53. The summed E-state index contributed by atoms with van der Waals surface area (Å²) >= 11 is 0. The Balaban J connectivity index is 1.46. The van der Waals surface area contributed by atoms with E-state index in [-0.39, 0.29) is 18.4 Å². The number of likely N-dealkylation sites (tertiary alicyclic amines) is 1. The molecule has 0 radical (unpaired) electrons. The first-order valence-electron chi connectivity index (χ1n) is 12.0. The molecule has 7 heteroatoms. The average Bonchev–Trinajstić information content (AvgIpc) is 2.81. The van der Waals surface area contributed by atoms with E-state index in [4.69, 9.17) is 14.5 Å². The van der Waals surface area contributed by atoms with Crippen LogP contribution in [0.2, 0.25) is 0 Å². The predicted molar refractivity (Wildman–Crippen MR) is 134 cm³/mol. The van der Waals surface area contributed by atoms with Crippen LogP contribution in [0.1, 0.15) is 45.7 Å². The third-order valence-corrected chi connectivity index (χ3v) is 6.21. The highest BCUT2D eigenvalue weighted by Gasteiger charge is 2.29. The van der Waals surface area contributed by atoms with Crippen molar-refractivity contribution in [2.45, 2.75) is 52.1 Å². The molecule has 0 bridgehead atoms. The van der Waals surface area contributed by atoms with Crippen molar-refractivity contribution in [2.75, 3.05) is 26.7 Å². The van der Waals surface area contributed by atoms with Crippen LogP contribution >= 0.6 is 0 Å². The molecule has 7 nitrogen and oxygen atoms in total. The molecule has 1 N–H and O–H groups in total. The van der Waals surface area contributed by atoms with E-state index in [1.54, 1.807) is 27.9 Å². The summed E-state index contributed by atoms with van der Waals surface area (Å²) < 4.78 is 10.5. The molecule has 2 atom stereocenters. The summed E-state index contributed by atoms with van der Waals surface area (Å²) in [6.45, 7) is 10.7. The summed E-state index contributed by atoms with van der Waals surface area (Å²) in [5.41, 5.74) is 1.48. The molecule has 1 saturated heterocycles. The second-order valence-corrected chi connectivity index (χ2v) is 9.90. The van der Waals surface area contributed by atoms with Crippen molar-refractivity contribution in [2.24, 2.45) is 11.8 Å². The monoisotopic (exact) mass is 467 g/mol. The molecular formula is C27H37N3O4. The number of hydrogen-bond acceptors (Lipinski definition) is 5. The minimum absolute atomic E-state index is 0.0526. The number of nitrogens with one attached hydrogen (secondary N) is 1. The molecule has 1 aromatic carbocycles. The van der Waals surface area contributed by atoms with Crippen molar-refractivity contribution in [3.63, 3.8) is 0 Å².